The zero-order valence-corrected chi connectivity index (χ0v) is 11.2. The molecule has 0 radical (unpaired) electrons. The molecule has 20 heavy (non-hydrogen) atoms. The zero-order valence-electron chi connectivity index (χ0n) is 11.2. The maximum Gasteiger partial charge on any atom is 0.316 e. The first-order chi connectivity index (χ1) is 9.58. The van der Waals surface area contributed by atoms with Gasteiger partial charge < -0.3 is 5.32 Å². The van der Waals surface area contributed by atoms with Crippen molar-refractivity contribution in [3.8, 4) is 0 Å². The van der Waals surface area contributed by atoms with Gasteiger partial charge in [-0.3, -0.25) is 14.9 Å². The van der Waals surface area contributed by atoms with E-state index in [1.165, 1.54) is 6.33 Å². The lowest BCUT2D eigenvalue weighted by Crippen LogP contribution is -2.29. The van der Waals surface area contributed by atoms with E-state index in [1.54, 1.807) is 12.1 Å². The van der Waals surface area contributed by atoms with Crippen LogP contribution in [0.2, 0.25) is 0 Å². The molecule has 7 nitrogen and oxygen atoms in total. The number of benzene rings is 1. The molecule has 0 atom stereocenters. The second-order valence-corrected chi connectivity index (χ2v) is 4.48. The summed E-state index contributed by atoms with van der Waals surface area (Å²) >= 11 is 0. The third-order valence-electron chi connectivity index (χ3n) is 2.68. The molecule has 3 N–H and O–H groups in total. The molecule has 1 aromatic heterocycles. The number of para-hydroxylation sites is 1. The van der Waals surface area contributed by atoms with Crippen LogP contribution in [-0.4, -0.2) is 27.0 Å². The number of rotatable bonds is 3. The van der Waals surface area contributed by atoms with E-state index in [9.17, 15) is 9.59 Å². The normalized spacial score (nSPS) is 10.3. The highest BCUT2D eigenvalue weighted by Crippen LogP contribution is 2.23. The highest BCUT2D eigenvalue weighted by atomic mass is 16.2. The number of anilines is 2. The fourth-order valence-corrected chi connectivity index (χ4v) is 1.72. The van der Waals surface area contributed by atoms with Crippen molar-refractivity contribution < 1.29 is 9.59 Å². The molecule has 0 aliphatic rings. The van der Waals surface area contributed by atoms with Crippen molar-refractivity contribution in [3.05, 3.63) is 36.2 Å². The molecule has 0 saturated carbocycles. The lowest BCUT2D eigenvalue weighted by Gasteiger charge is -2.13. The van der Waals surface area contributed by atoms with Crippen molar-refractivity contribution in [2.24, 2.45) is 0 Å². The molecule has 2 aromatic rings. The second kappa shape index (κ2) is 5.96. The Hall–Kier alpha value is -2.70. The largest absolute Gasteiger partial charge is 0.318 e. The summed E-state index contributed by atoms with van der Waals surface area (Å²) in [5.41, 5.74) is 1.59. The van der Waals surface area contributed by atoms with Crippen LogP contribution in [-0.2, 0) is 9.59 Å². The van der Waals surface area contributed by atoms with Crippen molar-refractivity contribution in [2.45, 2.75) is 19.8 Å². The third-order valence-corrected chi connectivity index (χ3v) is 2.68. The molecule has 0 bridgehead atoms. The van der Waals surface area contributed by atoms with Crippen LogP contribution < -0.4 is 10.6 Å². The summed E-state index contributed by atoms with van der Waals surface area (Å²) in [4.78, 5) is 27.2. The van der Waals surface area contributed by atoms with Crippen LogP contribution >= 0.6 is 0 Å². The van der Waals surface area contributed by atoms with Crippen LogP contribution in [0.15, 0.2) is 30.6 Å². The van der Waals surface area contributed by atoms with Gasteiger partial charge in [0, 0.05) is 5.69 Å². The van der Waals surface area contributed by atoms with Crippen LogP contribution in [0, 0.1) is 0 Å². The molecule has 2 amide bonds. The van der Waals surface area contributed by atoms with Gasteiger partial charge in [0.25, 0.3) is 0 Å². The summed E-state index contributed by atoms with van der Waals surface area (Å²) in [6.45, 7) is 4.03. The number of H-pyrrole nitrogens is 1. The van der Waals surface area contributed by atoms with Crippen LogP contribution in [0.25, 0.3) is 0 Å². The van der Waals surface area contributed by atoms with Crippen LogP contribution in [0.1, 0.15) is 25.3 Å². The summed E-state index contributed by atoms with van der Waals surface area (Å²) in [5, 5.41) is 10.9. The average molecular weight is 273 g/mol. The minimum absolute atomic E-state index is 0.127. The molecule has 0 unspecified atom stereocenters. The van der Waals surface area contributed by atoms with Gasteiger partial charge in [0.1, 0.15) is 6.33 Å². The first-order valence-electron chi connectivity index (χ1n) is 6.14. The van der Waals surface area contributed by atoms with Gasteiger partial charge in [-0.1, -0.05) is 32.0 Å². The highest BCUT2D eigenvalue weighted by molar-refractivity contribution is 6.43. The summed E-state index contributed by atoms with van der Waals surface area (Å²) < 4.78 is 0. The van der Waals surface area contributed by atoms with Crippen LogP contribution in [0.5, 0.6) is 0 Å². The summed E-state index contributed by atoms with van der Waals surface area (Å²) in [6, 6.07) is 7.36. The Morgan fingerprint density at radius 2 is 1.85 bits per heavy atom. The van der Waals surface area contributed by atoms with Gasteiger partial charge >= 0.3 is 11.8 Å². The maximum absolute atomic E-state index is 11.8. The Balaban J connectivity index is 2.06. The van der Waals surface area contributed by atoms with E-state index >= 15 is 0 Å². The number of aromatic amines is 1. The summed E-state index contributed by atoms with van der Waals surface area (Å²) in [5.74, 6) is -1.19. The van der Waals surface area contributed by atoms with E-state index in [0.717, 1.165) is 5.56 Å². The molecule has 7 heteroatoms. The van der Waals surface area contributed by atoms with Gasteiger partial charge in [0.2, 0.25) is 5.95 Å². The first-order valence-corrected chi connectivity index (χ1v) is 6.14. The fraction of sp³-hybridized carbons (Fsp3) is 0.231. The molecule has 1 heterocycles. The Labute approximate surface area is 115 Å². The number of aromatic nitrogens is 3. The average Bonchev–Trinajstić information content (AvgIpc) is 2.91. The van der Waals surface area contributed by atoms with Crippen LogP contribution in [0.3, 0.4) is 0 Å². The van der Waals surface area contributed by atoms with Crippen molar-refractivity contribution in [1.82, 2.24) is 15.2 Å². The Morgan fingerprint density at radius 3 is 2.50 bits per heavy atom. The van der Waals surface area contributed by atoms with E-state index in [0.29, 0.717) is 5.69 Å². The fourth-order valence-electron chi connectivity index (χ4n) is 1.72. The Kier molecular flexibility index (Phi) is 4.09. The van der Waals surface area contributed by atoms with E-state index in [2.05, 4.69) is 25.8 Å². The molecule has 0 aliphatic heterocycles. The summed E-state index contributed by atoms with van der Waals surface area (Å²) in [6.07, 6.45) is 1.24. The minimum atomic E-state index is -0.805. The predicted octanol–water partition coefficient (Wildman–Crippen LogP) is 1.51. The van der Waals surface area contributed by atoms with Crippen LogP contribution in [0.4, 0.5) is 11.6 Å². The zero-order chi connectivity index (χ0) is 14.5. The number of amides is 2. The van der Waals surface area contributed by atoms with Crippen molar-refractivity contribution >= 4 is 23.5 Å². The number of hydrogen-bond acceptors (Lipinski definition) is 4. The number of carbonyl (C=O) groups is 2. The maximum atomic E-state index is 11.8. The SMILES string of the molecule is CC(C)c1ccccc1NC(=O)C(=O)Nc1ncn[nH]1. The quantitative estimate of drug-likeness (QED) is 0.738. The second-order valence-electron chi connectivity index (χ2n) is 4.48. The van der Waals surface area contributed by atoms with Crippen molar-refractivity contribution in [1.29, 1.82) is 0 Å². The lowest BCUT2D eigenvalue weighted by atomic mass is 10.0. The molecule has 2 rings (SSSR count). The minimum Gasteiger partial charge on any atom is -0.318 e. The first kappa shape index (κ1) is 13.7. The Morgan fingerprint density at radius 1 is 1.15 bits per heavy atom. The molecule has 0 spiro atoms. The van der Waals surface area contributed by atoms with Gasteiger partial charge in [-0.15, -0.1) is 0 Å². The third kappa shape index (κ3) is 3.19. The van der Waals surface area contributed by atoms with E-state index in [4.69, 9.17) is 0 Å². The van der Waals surface area contributed by atoms with Gasteiger partial charge in [0.05, 0.1) is 0 Å². The lowest BCUT2D eigenvalue weighted by molar-refractivity contribution is -0.133. The van der Waals surface area contributed by atoms with Gasteiger partial charge in [-0.05, 0) is 17.5 Å². The number of nitrogens with one attached hydrogen (secondary N) is 3. The standard InChI is InChI=1S/C13H15N5O2/c1-8(2)9-5-3-4-6-10(9)16-11(19)12(20)17-13-14-7-15-18-13/h3-8H,1-2H3,(H,16,19)(H2,14,15,17,18,20). The Bertz CT molecular complexity index is 607. The molecule has 1 aromatic carbocycles. The molecular formula is C13H15N5O2. The number of hydrogen-bond donors (Lipinski definition) is 3. The van der Waals surface area contributed by atoms with Gasteiger partial charge in [-0.25, -0.2) is 5.10 Å². The highest BCUT2D eigenvalue weighted by Gasteiger charge is 2.17. The predicted molar refractivity (Wildman–Crippen MR) is 74.2 cm³/mol. The molecular weight excluding hydrogens is 258 g/mol. The molecule has 0 saturated heterocycles. The van der Waals surface area contributed by atoms with E-state index in [1.807, 2.05) is 26.0 Å². The monoisotopic (exact) mass is 273 g/mol. The number of carbonyl (C=O) groups excluding carboxylic acids is 2. The number of nitrogens with zero attached hydrogens (tertiary/aromatic N) is 2. The van der Waals surface area contributed by atoms with E-state index < -0.39 is 11.8 Å². The van der Waals surface area contributed by atoms with Crippen molar-refractivity contribution in [2.75, 3.05) is 10.6 Å². The smallest absolute Gasteiger partial charge is 0.316 e. The molecule has 0 aliphatic carbocycles. The molecule has 0 fully saturated rings. The molecule has 104 valence electrons. The topological polar surface area (TPSA) is 99.8 Å². The summed E-state index contributed by atoms with van der Waals surface area (Å²) in [7, 11) is 0. The van der Waals surface area contributed by atoms with Gasteiger partial charge in [0.15, 0.2) is 0 Å². The van der Waals surface area contributed by atoms with Crippen molar-refractivity contribution in [3.63, 3.8) is 0 Å². The van der Waals surface area contributed by atoms with E-state index in [-0.39, 0.29) is 11.9 Å². The van der Waals surface area contributed by atoms with Gasteiger partial charge in [-0.2, -0.15) is 10.1 Å².